The number of anilines is 1. The molecular formula is C19H21NO4. The second kappa shape index (κ2) is 8.72. The van der Waals surface area contributed by atoms with Gasteiger partial charge in [-0.05, 0) is 43.2 Å². The van der Waals surface area contributed by atoms with Crippen LogP contribution in [0.15, 0.2) is 54.6 Å². The van der Waals surface area contributed by atoms with Crippen LogP contribution in [0, 0.1) is 5.92 Å². The fourth-order valence-electron chi connectivity index (χ4n) is 2.28. The number of amides is 1. The van der Waals surface area contributed by atoms with Crippen molar-refractivity contribution < 1.29 is 19.1 Å². The van der Waals surface area contributed by atoms with Crippen LogP contribution in [0.25, 0.3) is 0 Å². The van der Waals surface area contributed by atoms with Crippen molar-refractivity contribution in [1.29, 1.82) is 0 Å². The van der Waals surface area contributed by atoms with E-state index in [9.17, 15) is 9.59 Å². The number of benzene rings is 2. The predicted octanol–water partition coefficient (Wildman–Crippen LogP) is 3.06. The van der Waals surface area contributed by atoms with Crippen molar-refractivity contribution in [1.82, 2.24) is 0 Å². The van der Waals surface area contributed by atoms with Gasteiger partial charge in [0.2, 0.25) is 5.91 Å². The summed E-state index contributed by atoms with van der Waals surface area (Å²) < 4.78 is 10.1. The van der Waals surface area contributed by atoms with E-state index in [0.29, 0.717) is 17.9 Å². The Morgan fingerprint density at radius 2 is 1.71 bits per heavy atom. The first-order valence-corrected chi connectivity index (χ1v) is 7.79. The molecule has 0 bridgehead atoms. The fraction of sp³-hybridized carbons (Fsp3) is 0.263. The molecule has 0 saturated heterocycles. The molecule has 0 fully saturated rings. The molecule has 24 heavy (non-hydrogen) atoms. The van der Waals surface area contributed by atoms with Crippen LogP contribution in [0.3, 0.4) is 0 Å². The normalized spacial score (nSPS) is 11.4. The van der Waals surface area contributed by atoms with Crippen LogP contribution in [-0.2, 0) is 20.7 Å². The van der Waals surface area contributed by atoms with Crippen molar-refractivity contribution in [3.05, 3.63) is 60.2 Å². The molecule has 0 spiro atoms. The predicted molar refractivity (Wildman–Crippen MR) is 91.9 cm³/mol. The van der Waals surface area contributed by atoms with Gasteiger partial charge in [0.25, 0.3) is 0 Å². The van der Waals surface area contributed by atoms with Gasteiger partial charge in [0.05, 0.1) is 13.7 Å². The zero-order chi connectivity index (χ0) is 17.4. The second-order valence-electron chi connectivity index (χ2n) is 5.21. The molecule has 0 heterocycles. The molecule has 2 rings (SSSR count). The number of ether oxygens (including phenoxy) is 2. The van der Waals surface area contributed by atoms with Crippen LogP contribution >= 0.6 is 0 Å². The van der Waals surface area contributed by atoms with E-state index in [2.05, 4.69) is 5.32 Å². The summed E-state index contributed by atoms with van der Waals surface area (Å²) in [6.45, 7) is 1.96. The molecule has 1 amide bonds. The molecule has 0 aliphatic rings. The molecule has 0 aromatic heterocycles. The topological polar surface area (TPSA) is 64.6 Å². The van der Waals surface area contributed by atoms with E-state index in [0.717, 1.165) is 5.56 Å². The average Bonchev–Trinajstić information content (AvgIpc) is 2.61. The number of carbonyl (C=O) groups excluding carboxylic acids is 2. The largest absolute Gasteiger partial charge is 0.497 e. The van der Waals surface area contributed by atoms with Crippen molar-refractivity contribution >= 4 is 17.6 Å². The maximum atomic E-state index is 12.5. The summed E-state index contributed by atoms with van der Waals surface area (Å²) in [4.78, 5) is 24.7. The van der Waals surface area contributed by atoms with Crippen molar-refractivity contribution in [3.8, 4) is 5.75 Å². The van der Waals surface area contributed by atoms with E-state index in [1.54, 1.807) is 38.3 Å². The molecule has 0 aliphatic heterocycles. The second-order valence-corrected chi connectivity index (χ2v) is 5.21. The molecule has 0 unspecified atom stereocenters. The molecule has 0 saturated carbocycles. The highest BCUT2D eigenvalue weighted by Crippen LogP contribution is 2.18. The van der Waals surface area contributed by atoms with Gasteiger partial charge in [0.15, 0.2) is 0 Å². The first-order chi connectivity index (χ1) is 11.6. The molecule has 0 radical (unpaired) electrons. The standard InChI is InChI=1S/C19H21NO4/c1-3-24-19(22)17(13-14-7-5-4-6-8-14)18(21)20-15-9-11-16(23-2)12-10-15/h4-12,17H,3,13H2,1-2H3,(H,20,21)/t17-/m0/s1. The Bertz CT molecular complexity index is 668. The highest BCUT2D eigenvalue weighted by Gasteiger charge is 2.28. The van der Waals surface area contributed by atoms with E-state index in [-0.39, 0.29) is 12.5 Å². The third kappa shape index (κ3) is 4.84. The Morgan fingerprint density at radius 3 is 2.29 bits per heavy atom. The number of methoxy groups -OCH3 is 1. The first kappa shape index (κ1) is 17.5. The molecule has 126 valence electrons. The van der Waals surface area contributed by atoms with Gasteiger partial charge in [-0.3, -0.25) is 9.59 Å². The van der Waals surface area contributed by atoms with Crippen molar-refractivity contribution in [2.24, 2.45) is 5.92 Å². The van der Waals surface area contributed by atoms with Crippen LogP contribution in [0.1, 0.15) is 12.5 Å². The van der Waals surface area contributed by atoms with Crippen molar-refractivity contribution in [3.63, 3.8) is 0 Å². The molecule has 0 aliphatic carbocycles. The highest BCUT2D eigenvalue weighted by molar-refractivity contribution is 6.05. The lowest BCUT2D eigenvalue weighted by Gasteiger charge is -2.16. The summed E-state index contributed by atoms with van der Waals surface area (Å²) in [6, 6.07) is 16.3. The lowest BCUT2D eigenvalue weighted by atomic mass is 9.98. The van der Waals surface area contributed by atoms with Gasteiger partial charge in [0.1, 0.15) is 11.7 Å². The summed E-state index contributed by atoms with van der Waals surface area (Å²) in [5.74, 6) is -1.11. The monoisotopic (exact) mass is 327 g/mol. The minimum atomic E-state index is -0.894. The van der Waals surface area contributed by atoms with Crippen LogP contribution in [-0.4, -0.2) is 25.6 Å². The maximum Gasteiger partial charge on any atom is 0.318 e. The van der Waals surface area contributed by atoms with Crippen LogP contribution < -0.4 is 10.1 Å². The minimum Gasteiger partial charge on any atom is -0.497 e. The number of nitrogens with one attached hydrogen (secondary N) is 1. The summed E-state index contributed by atoms with van der Waals surface area (Å²) in [5.41, 5.74) is 1.50. The summed E-state index contributed by atoms with van der Waals surface area (Å²) >= 11 is 0. The van der Waals surface area contributed by atoms with Crippen LogP contribution in [0.2, 0.25) is 0 Å². The fourth-order valence-corrected chi connectivity index (χ4v) is 2.28. The summed E-state index contributed by atoms with van der Waals surface area (Å²) in [5, 5.41) is 2.76. The van der Waals surface area contributed by atoms with Gasteiger partial charge < -0.3 is 14.8 Å². The Labute approximate surface area is 141 Å². The molecule has 5 nitrogen and oxygen atoms in total. The maximum absolute atomic E-state index is 12.5. The SMILES string of the molecule is CCOC(=O)[C@@H](Cc1ccccc1)C(=O)Nc1ccc(OC)cc1. The lowest BCUT2D eigenvalue weighted by molar-refractivity contribution is -0.150. The third-order valence-corrected chi connectivity index (χ3v) is 3.53. The molecule has 1 N–H and O–H groups in total. The van der Waals surface area contributed by atoms with Crippen molar-refractivity contribution in [2.45, 2.75) is 13.3 Å². The van der Waals surface area contributed by atoms with Gasteiger partial charge in [-0.2, -0.15) is 0 Å². The minimum absolute atomic E-state index is 0.236. The number of carbonyl (C=O) groups is 2. The number of esters is 1. The van der Waals surface area contributed by atoms with E-state index in [1.807, 2.05) is 30.3 Å². The zero-order valence-electron chi connectivity index (χ0n) is 13.8. The van der Waals surface area contributed by atoms with Gasteiger partial charge in [0, 0.05) is 5.69 Å². The lowest BCUT2D eigenvalue weighted by Crippen LogP contribution is -2.33. The van der Waals surface area contributed by atoms with Crippen LogP contribution in [0.4, 0.5) is 5.69 Å². The quantitative estimate of drug-likeness (QED) is 0.627. The van der Waals surface area contributed by atoms with E-state index >= 15 is 0 Å². The van der Waals surface area contributed by atoms with E-state index < -0.39 is 11.9 Å². The number of hydrogen-bond acceptors (Lipinski definition) is 4. The zero-order valence-corrected chi connectivity index (χ0v) is 13.8. The Morgan fingerprint density at radius 1 is 1.04 bits per heavy atom. The summed E-state index contributed by atoms with van der Waals surface area (Å²) in [6.07, 6.45) is 0.293. The van der Waals surface area contributed by atoms with E-state index in [4.69, 9.17) is 9.47 Å². The molecular weight excluding hydrogens is 306 g/mol. The molecule has 1 atom stereocenters. The van der Waals surface area contributed by atoms with Gasteiger partial charge in [-0.25, -0.2) is 0 Å². The summed E-state index contributed by atoms with van der Waals surface area (Å²) in [7, 11) is 1.57. The first-order valence-electron chi connectivity index (χ1n) is 7.79. The van der Waals surface area contributed by atoms with E-state index in [1.165, 1.54) is 0 Å². The van der Waals surface area contributed by atoms with Gasteiger partial charge >= 0.3 is 5.97 Å². The number of hydrogen-bond donors (Lipinski definition) is 1. The van der Waals surface area contributed by atoms with Crippen LogP contribution in [0.5, 0.6) is 5.75 Å². The van der Waals surface area contributed by atoms with Crippen molar-refractivity contribution in [2.75, 3.05) is 19.0 Å². The Hall–Kier alpha value is -2.82. The smallest absolute Gasteiger partial charge is 0.318 e. The number of rotatable bonds is 7. The highest BCUT2D eigenvalue weighted by atomic mass is 16.5. The molecule has 2 aromatic carbocycles. The average molecular weight is 327 g/mol. The molecule has 2 aromatic rings. The molecule has 5 heteroatoms. The Kier molecular flexibility index (Phi) is 6.37. The van der Waals surface area contributed by atoms with Gasteiger partial charge in [-0.15, -0.1) is 0 Å². The Balaban J connectivity index is 2.12. The van der Waals surface area contributed by atoms with Gasteiger partial charge in [-0.1, -0.05) is 30.3 Å². The third-order valence-electron chi connectivity index (χ3n) is 3.53.